The Morgan fingerprint density at radius 1 is 1.04 bits per heavy atom. The normalized spacial score (nSPS) is 15.6. The number of hydrogen-bond donors (Lipinski definition) is 0. The lowest BCUT2D eigenvalue weighted by Gasteiger charge is -2.52. The van der Waals surface area contributed by atoms with Crippen LogP contribution < -0.4 is 9.64 Å². The summed E-state index contributed by atoms with van der Waals surface area (Å²) in [5.74, 6) is 0.684. The zero-order valence-corrected chi connectivity index (χ0v) is 32.1. The Bertz CT molecular complexity index is 1880. The lowest BCUT2D eigenvalue weighted by Crippen LogP contribution is -2.54. The first kappa shape index (κ1) is 38.1. The van der Waals surface area contributed by atoms with Crippen molar-refractivity contribution in [3.8, 4) is 5.75 Å². The van der Waals surface area contributed by atoms with E-state index in [0.29, 0.717) is 48.3 Å². The van der Waals surface area contributed by atoms with Crippen LogP contribution in [0, 0.1) is 6.57 Å². The van der Waals surface area contributed by atoms with Crippen molar-refractivity contribution in [1.29, 1.82) is 0 Å². The van der Waals surface area contributed by atoms with Crippen molar-refractivity contribution in [3.05, 3.63) is 76.2 Å². The van der Waals surface area contributed by atoms with Crippen LogP contribution in [0.4, 0.5) is 21.2 Å². The van der Waals surface area contributed by atoms with E-state index in [0.717, 1.165) is 36.0 Å². The van der Waals surface area contributed by atoms with E-state index in [1.165, 1.54) is 11.1 Å². The predicted octanol–water partition coefficient (Wildman–Crippen LogP) is 7.65. The number of benzene rings is 1. The van der Waals surface area contributed by atoms with Gasteiger partial charge in [0.05, 0.1) is 31.5 Å². The van der Waals surface area contributed by atoms with Gasteiger partial charge < -0.3 is 28.6 Å². The van der Waals surface area contributed by atoms with E-state index in [4.69, 9.17) is 20.8 Å². The number of rotatable bonds is 9. The number of carbonyl (C=O) groups is 3. The topological polar surface area (TPSA) is 124 Å². The summed E-state index contributed by atoms with van der Waals surface area (Å²) < 4.78 is 18.9. The third-order valence-electron chi connectivity index (χ3n) is 9.39. The van der Waals surface area contributed by atoms with E-state index in [2.05, 4.69) is 20.9 Å². The van der Waals surface area contributed by atoms with E-state index >= 15 is 0 Å². The zero-order valence-electron chi connectivity index (χ0n) is 32.1. The molecule has 278 valence electrons. The van der Waals surface area contributed by atoms with E-state index in [-0.39, 0.29) is 17.9 Å². The third-order valence-corrected chi connectivity index (χ3v) is 9.39. The number of carbonyl (C=O) groups excluding carboxylic acids is 3. The molecule has 1 saturated carbocycles. The maximum absolute atomic E-state index is 14.7. The molecule has 1 aliphatic carbocycles. The lowest BCUT2D eigenvalue weighted by atomic mass is 9.60. The first-order valence-electron chi connectivity index (χ1n) is 17.8. The summed E-state index contributed by atoms with van der Waals surface area (Å²) in [4.78, 5) is 58.3. The predicted molar refractivity (Wildman–Crippen MR) is 197 cm³/mol. The summed E-state index contributed by atoms with van der Waals surface area (Å²) in [6.07, 6.45) is 6.70. The summed E-state index contributed by atoms with van der Waals surface area (Å²) in [5, 5.41) is 0. The van der Waals surface area contributed by atoms with Gasteiger partial charge in [-0.1, -0.05) is 12.5 Å². The first-order valence-corrected chi connectivity index (χ1v) is 17.8. The van der Waals surface area contributed by atoms with Crippen molar-refractivity contribution in [1.82, 2.24) is 24.3 Å². The summed E-state index contributed by atoms with van der Waals surface area (Å²) in [6.45, 7) is 23.7. The molecule has 52 heavy (non-hydrogen) atoms. The minimum Gasteiger partial charge on any atom is -0.505 e. The maximum Gasteiger partial charge on any atom is 0.416 e. The van der Waals surface area contributed by atoms with Crippen molar-refractivity contribution in [2.45, 2.75) is 110 Å². The molecule has 5 rings (SSSR count). The summed E-state index contributed by atoms with van der Waals surface area (Å²) in [5.41, 5.74) is 2.52. The van der Waals surface area contributed by atoms with Gasteiger partial charge in [-0.05, 0) is 97.1 Å². The van der Waals surface area contributed by atoms with Crippen LogP contribution in [0.3, 0.4) is 0 Å². The maximum atomic E-state index is 14.7. The summed E-state index contributed by atoms with van der Waals surface area (Å²) in [6, 6.07) is 5.35. The second-order valence-electron chi connectivity index (χ2n) is 15.8. The van der Waals surface area contributed by atoms with Gasteiger partial charge in [-0.2, -0.15) is 0 Å². The zero-order chi connectivity index (χ0) is 38.2. The summed E-state index contributed by atoms with van der Waals surface area (Å²) in [7, 11) is 3.32. The van der Waals surface area contributed by atoms with Gasteiger partial charge in [0.25, 0.3) is 5.91 Å². The molecular formula is C39H51N7O6. The number of ether oxygens (including phenoxy) is 3. The highest BCUT2D eigenvalue weighted by molar-refractivity contribution is 5.98. The van der Waals surface area contributed by atoms with E-state index in [9.17, 15) is 14.4 Å². The molecule has 3 aromatic rings. The van der Waals surface area contributed by atoms with Crippen molar-refractivity contribution in [2.24, 2.45) is 0 Å². The molecule has 0 bridgehead atoms. The number of imidazole rings is 1. The van der Waals surface area contributed by atoms with Gasteiger partial charge in [0.2, 0.25) is 11.6 Å². The molecule has 0 radical (unpaired) electrons. The Morgan fingerprint density at radius 3 is 2.31 bits per heavy atom. The standard InChI is InChI=1S/C39H51N7O6/c1-12-50-31-20-29(42-21-30(31)40-9)25(2)46-24-39(14-13-15-39)32-27(23-43(10)35(48)51-37(3,4)5)18-26(19-28(32)33(46)47)22-45-17-16-41-34(45)44(11)36(49)52-38(6,7)8/h16-21,25H,12-15,22-24H2,1-8,10-11H3. The molecule has 1 fully saturated rings. The molecular weight excluding hydrogens is 662 g/mol. The van der Waals surface area contributed by atoms with Gasteiger partial charge in [0.1, 0.15) is 17.0 Å². The second-order valence-corrected chi connectivity index (χ2v) is 15.8. The fourth-order valence-corrected chi connectivity index (χ4v) is 6.92. The molecule has 13 nitrogen and oxygen atoms in total. The molecule has 3 amide bonds. The molecule has 0 saturated heterocycles. The number of pyridine rings is 1. The molecule has 1 unspecified atom stereocenters. The van der Waals surface area contributed by atoms with Gasteiger partial charge in [-0.25, -0.2) is 19.4 Å². The highest BCUT2D eigenvalue weighted by atomic mass is 16.6. The van der Waals surface area contributed by atoms with Gasteiger partial charge in [-0.3, -0.25) is 14.7 Å². The van der Waals surface area contributed by atoms with Crippen molar-refractivity contribution in [2.75, 3.05) is 32.1 Å². The molecule has 1 aliphatic heterocycles. The smallest absolute Gasteiger partial charge is 0.416 e. The molecule has 1 spiro atoms. The van der Waals surface area contributed by atoms with Crippen LogP contribution in [0.1, 0.15) is 113 Å². The Labute approximate surface area is 306 Å². The lowest BCUT2D eigenvalue weighted by molar-refractivity contribution is 0.0281. The number of hydrogen-bond acceptors (Lipinski definition) is 8. The van der Waals surface area contributed by atoms with Crippen LogP contribution in [0.25, 0.3) is 4.85 Å². The molecule has 3 heterocycles. The third kappa shape index (κ3) is 8.01. The quantitative estimate of drug-likeness (QED) is 0.207. The van der Waals surface area contributed by atoms with Gasteiger partial charge in [0, 0.05) is 56.8 Å². The average molecular weight is 714 g/mol. The van der Waals surface area contributed by atoms with Gasteiger partial charge >= 0.3 is 12.2 Å². The number of aromatic nitrogens is 3. The number of fused-ring (bicyclic) bond motifs is 2. The van der Waals surface area contributed by atoms with Crippen LogP contribution >= 0.6 is 0 Å². The Kier molecular flexibility index (Phi) is 10.6. The van der Waals surface area contributed by atoms with Crippen LogP contribution in [-0.2, 0) is 28.0 Å². The fraction of sp³-hybridized carbons (Fsp3) is 0.538. The monoisotopic (exact) mass is 713 g/mol. The minimum atomic E-state index is -0.684. The molecule has 1 aromatic carbocycles. The van der Waals surface area contributed by atoms with Crippen LogP contribution in [-0.4, -0.2) is 80.9 Å². The SMILES string of the molecule is [C-]#[N+]c1cnc(C(C)N2CC3(CCC3)c3c(CN(C)C(=O)OC(C)(C)C)cc(Cn4ccnc4N(C)C(=O)OC(C)(C)C)cc3C2=O)cc1OCC. The van der Waals surface area contributed by atoms with Crippen molar-refractivity contribution >= 4 is 29.7 Å². The van der Waals surface area contributed by atoms with E-state index in [1.54, 1.807) is 58.2 Å². The molecule has 0 N–H and O–H groups in total. The number of anilines is 1. The van der Waals surface area contributed by atoms with Crippen LogP contribution in [0.2, 0.25) is 0 Å². The largest absolute Gasteiger partial charge is 0.505 e. The fourth-order valence-electron chi connectivity index (χ4n) is 6.92. The van der Waals surface area contributed by atoms with Crippen LogP contribution in [0.15, 0.2) is 36.8 Å². The summed E-state index contributed by atoms with van der Waals surface area (Å²) >= 11 is 0. The highest BCUT2D eigenvalue weighted by Crippen LogP contribution is 2.51. The van der Waals surface area contributed by atoms with E-state index < -0.39 is 29.4 Å². The molecule has 13 heteroatoms. The molecule has 2 aliphatic rings. The van der Waals surface area contributed by atoms with Gasteiger partial charge in [-0.15, -0.1) is 0 Å². The molecule has 1 atom stereocenters. The average Bonchev–Trinajstić information content (AvgIpc) is 3.50. The molecule has 2 aromatic heterocycles. The minimum absolute atomic E-state index is 0.145. The highest BCUT2D eigenvalue weighted by Gasteiger charge is 2.50. The van der Waals surface area contributed by atoms with Crippen molar-refractivity contribution < 1.29 is 28.6 Å². The Balaban J connectivity index is 1.58. The van der Waals surface area contributed by atoms with Crippen LogP contribution in [0.5, 0.6) is 5.75 Å². The number of amides is 3. The van der Waals surface area contributed by atoms with E-state index in [1.807, 2.05) is 50.2 Å². The van der Waals surface area contributed by atoms with Gasteiger partial charge in [0.15, 0.2) is 0 Å². The number of nitrogens with zero attached hydrogens (tertiary/aromatic N) is 7. The van der Waals surface area contributed by atoms with Crippen molar-refractivity contribution in [3.63, 3.8) is 0 Å². The second kappa shape index (κ2) is 14.5. The first-order chi connectivity index (χ1) is 24.4. The Morgan fingerprint density at radius 2 is 1.71 bits per heavy atom. The Hall–Kier alpha value is -5.12.